The van der Waals surface area contributed by atoms with E-state index in [2.05, 4.69) is 10.3 Å². The minimum Gasteiger partial charge on any atom is -0.495 e. The molecular formula is C16H17ClN2O4S. The minimum absolute atomic E-state index is 0.396. The van der Waals surface area contributed by atoms with Gasteiger partial charge in [0.15, 0.2) is 6.10 Å². The van der Waals surface area contributed by atoms with Gasteiger partial charge < -0.3 is 14.8 Å². The molecule has 0 saturated heterocycles. The smallest absolute Gasteiger partial charge is 0.351 e. The second-order valence-electron chi connectivity index (χ2n) is 5.03. The number of anilines is 1. The summed E-state index contributed by atoms with van der Waals surface area (Å²) in [5.74, 6) is -0.596. The zero-order valence-corrected chi connectivity index (χ0v) is 15.2. The summed E-state index contributed by atoms with van der Waals surface area (Å²) < 4.78 is 10.4. The van der Waals surface area contributed by atoms with E-state index < -0.39 is 18.0 Å². The summed E-state index contributed by atoms with van der Waals surface area (Å²) in [7, 11) is 1.48. The number of benzene rings is 1. The molecule has 1 aromatic heterocycles. The van der Waals surface area contributed by atoms with Crippen molar-refractivity contribution in [2.45, 2.75) is 26.9 Å². The number of halogens is 1. The van der Waals surface area contributed by atoms with Gasteiger partial charge in [0.25, 0.3) is 5.91 Å². The largest absolute Gasteiger partial charge is 0.495 e. The third-order valence-corrected chi connectivity index (χ3v) is 4.45. The highest BCUT2D eigenvalue weighted by molar-refractivity contribution is 7.13. The number of ether oxygens (including phenoxy) is 2. The number of aryl methyl sites for hydroxylation is 2. The molecule has 1 aromatic carbocycles. The van der Waals surface area contributed by atoms with Gasteiger partial charge in [0, 0.05) is 5.02 Å². The Morgan fingerprint density at radius 2 is 2.04 bits per heavy atom. The van der Waals surface area contributed by atoms with Gasteiger partial charge in [-0.25, -0.2) is 9.78 Å². The molecule has 0 aliphatic rings. The van der Waals surface area contributed by atoms with Crippen molar-refractivity contribution >= 4 is 40.5 Å². The first-order chi connectivity index (χ1) is 11.3. The summed E-state index contributed by atoms with van der Waals surface area (Å²) in [5, 5.41) is 3.86. The molecule has 0 saturated carbocycles. The van der Waals surface area contributed by atoms with Crippen LogP contribution in [0.3, 0.4) is 0 Å². The van der Waals surface area contributed by atoms with E-state index in [0.717, 1.165) is 5.01 Å². The second kappa shape index (κ2) is 7.63. The van der Waals surface area contributed by atoms with Crippen molar-refractivity contribution in [2.24, 2.45) is 0 Å². The van der Waals surface area contributed by atoms with Crippen LogP contribution < -0.4 is 10.1 Å². The highest BCUT2D eigenvalue weighted by Crippen LogP contribution is 2.28. The molecule has 1 atom stereocenters. The maximum Gasteiger partial charge on any atom is 0.351 e. The van der Waals surface area contributed by atoms with Crippen molar-refractivity contribution in [3.63, 3.8) is 0 Å². The zero-order chi connectivity index (χ0) is 17.9. The molecule has 8 heteroatoms. The fourth-order valence-electron chi connectivity index (χ4n) is 2.00. The molecule has 1 heterocycles. The van der Waals surface area contributed by atoms with Crippen LogP contribution in [-0.2, 0) is 9.53 Å². The number of hydrogen-bond donors (Lipinski definition) is 1. The normalized spacial score (nSPS) is 11.7. The lowest BCUT2D eigenvalue weighted by Crippen LogP contribution is -2.30. The molecule has 0 radical (unpaired) electrons. The molecule has 1 amide bonds. The van der Waals surface area contributed by atoms with Crippen LogP contribution in [0, 0.1) is 13.8 Å². The van der Waals surface area contributed by atoms with Gasteiger partial charge in [-0.1, -0.05) is 11.6 Å². The molecule has 2 rings (SSSR count). The molecule has 0 bridgehead atoms. The third-order valence-electron chi connectivity index (χ3n) is 3.16. The highest BCUT2D eigenvalue weighted by Gasteiger charge is 2.23. The third kappa shape index (κ3) is 4.24. The maximum absolute atomic E-state index is 12.2. The number of amides is 1. The Kier molecular flexibility index (Phi) is 5.80. The van der Waals surface area contributed by atoms with Crippen LogP contribution in [0.25, 0.3) is 0 Å². The summed E-state index contributed by atoms with van der Waals surface area (Å²) in [6, 6.07) is 4.84. The first kappa shape index (κ1) is 18.2. The van der Waals surface area contributed by atoms with Crippen molar-refractivity contribution in [3.8, 4) is 5.75 Å². The summed E-state index contributed by atoms with van der Waals surface area (Å²) in [5.41, 5.74) is 0.995. The van der Waals surface area contributed by atoms with Crippen LogP contribution in [0.5, 0.6) is 5.75 Å². The SMILES string of the molecule is COc1ccc(Cl)cc1NC(=O)C(C)OC(=O)c1sc(C)nc1C. The average molecular weight is 369 g/mol. The lowest BCUT2D eigenvalue weighted by molar-refractivity contribution is -0.123. The van der Waals surface area contributed by atoms with E-state index in [1.165, 1.54) is 25.4 Å². The number of methoxy groups -OCH3 is 1. The average Bonchev–Trinajstić information content (AvgIpc) is 2.86. The molecule has 2 aromatic rings. The number of hydrogen-bond acceptors (Lipinski definition) is 6. The molecule has 128 valence electrons. The van der Waals surface area contributed by atoms with E-state index in [9.17, 15) is 9.59 Å². The molecule has 0 aliphatic heterocycles. The number of nitrogens with zero attached hydrogens (tertiary/aromatic N) is 1. The molecular weight excluding hydrogens is 352 g/mol. The Labute approximate surface area is 148 Å². The molecule has 1 unspecified atom stereocenters. The van der Waals surface area contributed by atoms with Gasteiger partial charge in [-0.3, -0.25) is 4.79 Å². The van der Waals surface area contributed by atoms with Crippen molar-refractivity contribution in [2.75, 3.05) is 12.4 Å². The van der Waals surface area contributed by atoms with Gasteiger partial charge in [0.2, 0.25) is 0 Å². The van der Waals surface area contributed by atoms with Crippen molar-refractivity contribution in [3.05, 3.63) is 38.8 Å². The predicted molar refractivity (Wildman–Crippen MR) is 93.1 cm³/mol. The van der Waals surface area contributed by atoms with Gasteiger partial charge in [-0.2, -0.15) is 0 Å². The van der Waals surface area contributed by atoms with E-state index in [1.807, 2.05) is 0 Å². The topological polar surface area (TPSA) is 77.5 Å². The van der Waals surface area contributed by atoms with Crippen molar-refractivity contribution in [1.82, 2.24) is 4.98 Å². The van der Waals surface area contributed by atoms with Gasteiger partial charge in [0.05, 0.1) is 23.5 Å². The quantitative estimate of drug-likeness (QED) is 0.816. The molecule has 0 aliphatic carbocycles. The van der Waals surface area contributed by atoms with Crippen molar-refractivity contribution in [1.29, 1.82) is 0 Å². The van der Waals surface area contributed by atoms with Gasteiger partial charge in [0.1, 0.15) is 10.6 Å². The summed E-state index contributed by atoms with van der Waals surface area (Å²) in [4.78, 5) is 29.0. The van der Waals surface area contributed by atoms with E-state index in [-0.39, 0.29) is 0 Å². The lowest BCUT2D eigenvalue weighted by Gasteiger charge is -2.15. The maximum atomic E-state index is 12.2. The Hall–Kier alpha value is -2.12. The van der Waals surface area contributed by atoms with Crippen LogP contribution in [0.2, 0.25) is 5.02 Å². The van der Waals surface area contributed by atoms with Crippen LogP contribution in [0.4, 0.5) is 5.69 Å². The highest BCUT2D eigenvalue weighted by atomic mass is 35.5. The van der Waals surface area contributed by atoms with E-state index in [0.29, 0.717) is 27.0 Å². The molecule has 1 N–H and O–H groups in total. The van der Waals surface area contributed by atoms with Crippen LogP contribution in [0.15, 0.2) is 18.2 Å². The number of nitrogens with one attached hydrogen (secondary N) is 1. The Morgan fingerprint density at radius 1 is 1.33 bits per heavy atom. The minimum atomic E-state index is -0.983. The zero-order valence-electron chi connectivity index (χ0n) is 13.7. The Bertz CT molecular complexity index is 775. The van der Waals surface area contributed by atoms with E-state index in [1.54, 1.807) is 32.0 Å². The molecule has 0 fully saturated rings. The number of carbonyl (C=O) groups is 2. The van der Waals surface area contributed by atoms with Crippen LogP contribution >= 0.6 is 22.9 Å². The fraction of sp³-hybridized carbons (Fsp3) is 0.312. The summed E-state index contributed by atoms with van der Waals surface area (Å²) in [6.07, 6.45) is -0.983. The number of thiazole rings is 1. The first-order valence-electron chi connectivity index (χ1n) is 7.11. The fourth-order valence-corrected chi connectivity index (χ4v) is 2.98. The van der Waals surface area contributed by atoms with Gasteiger partial charge >= 0.3 is 5.97 Å². The lowest BCUT2D eigenvalue weighted by atomic mass is 10.2. The predicted octanol–water partition coefficient (Wildman–Crippen LogP) is 3.61. The number of rotatable bonds is 5. The standard InChI is InChI=1S/C16H17ClN2O4S/c1-8-14(24-10(3)18-8)16(21)23-9(2)15(20)19-12-7-11(17)5-6-13(12)22-4/h5-7,9H,1-4H3,(H,19,20). The number of esters is 1. The first-order valence-corrected chi connectivity index (χ1v) is 8.30. The molecule has 6 nitrogen and oxygen atoms in total. The summed E-state index contributed by atoms with van der Waals surface area (Å²) in [6.45, 7) is 5.02. The van der Waals surface area contributed by atoms with Gasteiger partial charge in [-0.05, 0) is 39.0 Å². The van der Waals surface area contributed by atoms with Crippen LogP contribution in [0.1, 0.15) is 27.3 Å². The van der Waals surface area contributed by atoms with Crippen molar-refractivity contribution < 1.29 is 19.1 Å². The Balaban J connectivity index is 2.06. The van der Waals surface area contributed by atoms with E-state index in [4.69, 9.17) is 21.1 Å². The molecule has 24 heavy (non-hydrogen) atoms. The molecule has 0 spiro atoms. The second-order valence-corrected chi connectivity index (χ2v) is 6.67. The monoisotopic (exact) mass is 368 g/mol. The van der Waals surface area contributed by atoms with Crippen LogP contribution in [-0.4, -0.2) is 30.1 Å². The number of carbonyl (C=O) groups excluding carboxylic acids is 2. The van der Waals surface area contributed by atoms with Gasteiger partial charge in [-0.15, -0.1) is 11.3 Å². The Morgan fingerprint density at radius 3 is 2.62 bits per heavy atom. The number of aromatic nitrogens is 1. The summed E-state index contributed by atoms with van der Waals surface area (Å²) >= 11 is 7.16. The van der Waals surface area contributed by atoms with E-state index >= 15 is 0 Å².